The van der Waals surface area contributed by atoms with Crippen molar-refractivity contribution < 1.29 is 4.39 Å². The lowest BCUT2D eigenvalue weighted by Crippen LogP contribution is -2.16. The van der Waals surface area contributed by atoms with Crippen molar-refractivity contribution in [3.8, 4) is 23.3 Å². The average Bonchev–Trinajstić information content (AvgIpc) is 2.43. The first kappa shape index (κ1) is 15.0. The lowest BCUT2D eigenvalue weighted by atomic mass is 9.96. The Morgan fingerprint density at radius 1 is 1.29 bits per heavy atom. The van der Waals surface area contributed by atoms with Crippen LogP contribution in [-0.2, 0) is 0 Å². The molecule has 0 atom stereocenters. The number of nitrogens with one attached hydrogen (secondary N) is 1. The SMILES string of the molecule is Cc1c(F)cc(-c2c(C#N)c(N)[nH]c(=O)c2C#N)cc1I. The zero-order chi connectivity index (χ0) is 15.7. The smallest absolute Gasteiger partial charge is 0.268 e. The fourth-order valence-electron chi connectivity index (χ4n) is 1.92. The van der Waals surface area contributed by atoms with Crippen LogP contribution in [0.4, 0.5) is 10.2 Å². The van der Waals surface area contributed by atoms with Crippen LogP contribution in [-0.4, -0.2) is 4.98 Å². The van der Waals surface area contributed by atoms with Crippen LogP contribution in [0.15, 0.2) is 16.9 Å². The van der Waals surface area contributed by atoms with E-state index < -0.39 is 11.4 Å². The van der Waals surface area contributed by atoms with Crippen LogP contribution < -0.4 is 11.3 Å². The minimum atomic E-state index is -0.708. The van der Waals surface area contributed by atoms with Crippen LogP contribution in [0.25, 0.3) is 11.1 Å². The molecule has 0 aliphatic carbocycles. The molecule has 0 aliphatic heterocycles. The molecular formula is C14H8FIN4O. The van der Waals surface area contributed by atoms with E-state index >= 15 is 0 Å². The van der Waals surface area contributed by atoms with Crippen molar-refractivity contribution in [2.24, 2.45) is 0 Å². The van der Waals surface area contributed by atoms with Crippen molar-refractivity contribution in [3.05, 3.63) is 48.6 Å². The summed E-state index contributed by atoms with van der Waals surface area (Å²) in [7, 11) is 0. The second-order valence-corrected chi connectivity index (χ2v) is 5.44. The fraction of sp³-hybridized carbons (Fsp3) is 0.0714. The minimum absolute atomic E-state index is 0.0507. The molecule has 2 aromatic rings. The Hall–Kier alpha value is -2.39. The van der Waals surface area contributed by atoms with E-state index in [0.717, 1.165) is 0 Å². The normalized spacial score (nSPS) is 9.95. The monoisotopic (exact) mass is 394 g/mol. The van der Waals surface area contributed by atoms with Gasteiger partial charge in [0.1, 0.15) is 34.9 Å². The van der Waals surface area contributed by atoms with E-state index in [-0.39, 0.29) is 28.1 Å². The molecule has 0 saturated heterocycles. The van der Waals surface area contributed by atoms with Gasteiger partial charge in [0.25, 0.3) is 5.56 Å². The molecule has 0 radical (unpaired) electrons. The summed E-state index contributed by atoms with van der Waals surface area (Å²) in [6.07, 6.45) is 0. The number of aromatic amines is 1. The molecule has 0 amide bonds. The van der Waals surface area contributed by atoms with E-state index in [2.05, 4.69) is 4.98 Å². The van der Waals surface area contributed by atoms with E-state index in [4.69, 9.17) is 11.0 Å². The number of nitrogens with zero attached hydrogens (tertiary/aromatic N) is 2. The summed E-state index contributed by atoms with van der Waals surface area (Å²) in [6.45, 7) is 1.61. The van der Waals surface area contributed by atoms with Crippen LogP contribution in [0, 0.1) is 39.0 Å². The van der Waals surface area contributed by atoms with Gasteiger partial charge in [-0.3, -0.25) is 4.79 Å². The predicted molar refractivity (Wildman–Crippen MR) is 83.8 cm³/mol. The number of H-pyrrole nitrogens is 1. The first-order chi connectivity index (χ1) is 9.90. The number of rotatable bonds is 1. The number of halogens is 2. The summed E-state index contributed by atoms with van der Waals surface area (Å²) in [4.78, 5) is 14.0. The summed E-state index contributed by atoms with van der Waals surface area (Å²) in [5.41, 5.74) is 5.37. The molecule has 0 bridgehead atoms. The number of aromatic nitrogens is 1. The predicted octanol–water partition coefficient (Wildman–Crippen LogP) is 2.42. The third-order valence-electron chi connectivity index (χ3n) is 3.04. The van der Waals surface area contributed by atoms with Crippen molar-refractivity contribution in [2.45, 2.75) is 6.92 Å². The first-order valence-corrected chi connectivity index (χ1v) is 6.80. The Kier molecular flexibility index (Phi) is 3.96. The summed E-state index contributed by atoms with van der Waals surface area (Å²) in [5.74, 6) is -0.629. The molecule has 104 valence electrons. The zero-order valence-corrected chi connectivity index (χ0v) is 12.9. The Bertz CT molecular complexity index is 867. The Balaban J connectivity index is 2.97. The van der Waals surface area contributed by atoms with E-state index in [1.165, 1.54) is 6.07 Å². The fourth-order valence-corrected chi connectivity index (χ4v) is 2.51. The van der Waals surface area contributed by atoms with Gasteiger partial charge in [-0.25, -0.2) is 4.39 Å². The quantitative estimate of drug-likeness (QED) is 0.725. The van der Waals surface area contributed by atoms with Gasteiger partial charge < -0.3 is 10.7 Å². The Morgan fingerprint density at radius 2 is 1.90 bits per heavy atom. The molecular weight excluding hydrogens is 386 g/mol. The molecule has 1 heterocycles. The van der Waals surface area contributed by atoms with Crippen LogP contribution in [0.5, 0.6) is 0 Å². The highest BCUT2D eigenvalue weighted by molar-refractivity contribution is 14.1. The van der Waals surface area contributed by atoms with Gasteiger partial charge in [0.15, 0.2) is 0 Å². The third kappa shape index (κ3) is 2.48. The Morgan fingerprint density at radius 3 is 2.43 bits per heavy atom. The average molecular weight is 394 g/mol. The highest BCUT2D eigenvalue weighted by Gasteiger charge is 2.19. The van der Waals surface area contributed by atoms with Gasteiger partial charge in [0, 0.05) is 9.13 Å². The van der Waals surface area contributed by atoms with Crippen LogP contribution in [0.1, 0.15) is 16.7 Å². The molecule has 0 unspecified atom stereocenters. The number of hydrogen-bond acceptors (Lipinski definition) is 4. The molecule has 2 rings (SSSR count). The number of nitrogens with two attached hydrogens (primary N) is 1. The van der Waals surface area contributed by atoms with Crippen molar-refractivity contribution in [1.29, 1.82) is 10.5 Å². The van der Waals surface area contributed by atoms with Gasteiger partial charge in [0.2, 0.25) is 0 Å². The molecule has 0 saturated carbocycles. The van der Waals surface area contributed by atoms with Gasteiger partial charge >= 0.3 is 0 Å². The maximum Gasteiger partial charge on any atom is 0.268 e. The molecule has 3 N–H and O–H groups in total. The maximum atomic E-state index is 13.9. The molecule has 0 spiro atoms. The number of nitriles is 2. The summed E-state index contributed by atoms with van der Waals surface area (Å²) >= 11 is 1.94. The van der Waals surface area contributed by atoms with Crippen molar-refractivity contribution >= 4 is 28.4 Å². The largest absolute Gasteiger partial charge is 0.384 e. The van der Waals surface area contributed by atoms with E-state index in [1.54, 1.807) is 19.1 Å². The molecule has 5 nitrogen and oxygen atoms in total. The van der Waals surface area contributed by atoms with Crippen molar-refractivity contribution in [1.82, 2.24) is 4.98 Å². The highest BCUT2D eigenvalue weighted by atomic mass is 127. The van der Waals surface area contributed by atoms with E-state index in [9.17, 15) is 14.4 Å². The van der Waals surface area contributed by atoms with E-state index in [1.807, 2.05) is 28.7 Å². The molecule has 1 aromatic carbocycles. The Labute approximate surface area is 133 Å². The number of benzene rings is 1. The molecule has 7 heteroatoms. The highest BCUT2D eigenvalue weighted by Crippen LogP contribution is 2.31. The van der Waals surface area contributed by atoms with E-state index in [0.29, 0.717) is 9.13 Å². The summed E-state index contributed by atoms with van der Waals surface area (Å²) < 4.78 is 14.5. The lowest BCUT2D eigenvalue weighted by molar-refractivity contribution is 0.617. The number of pyridine rings is 1. The second-order valence-electron chi connectivity index (χ2n) is 4.28. The topological polar surface area (TPSA) is 106 Å². The second kappa shape index (κ2) is 5.54. The first-order valence-electron chi connectivity index (χ1n) is 5.72. The molecule has 0 aliphatic rings. The van der Waals surface area contributed by atoms with Crippen molar-refractivity contribution in [2.75, 3.05) is 5.73 Å². The number of nitrogen functional groups attached to an aromatic ring is 1. The standard InChI is InChI=1S/C14H8FIN4O/c1-6-10(15)2-7(3-11(6)16)12-8(4-17)13(19)20-14(21)9(12)5-18/h2-3H,1H3,(H3,19,20,21). The lowest BCUT2D eigenvalue weighted by Gasteiger charge is -2.10. The third-order valence-corrected chi connectivity index (χ3v) is 4.16. The van der Waals surface area contributed by atoms with Gasteiger partial charge in [0.05, 0.1) is 0 Å². The molecule has 21 heavy (non-hydrogen) atoms. The zero-order valence-electron chi connectivity index (χ0n) is 10.8. The summed E-state index contributed by atoms with van der Waals surface area (Å²) in [6, 6.07) is 6.38. The van der Waals surface area contributed by atoms with Gasteiger partial charge in [-0.2, -0.15) is 10.5 Å². The van der Waals surface area contributed by atoms with Gasteiger partial charge in [-0.15, -0.1) is 0 Å². The van der Waals surface area contributed by atoms with Crippen LogP contribution >= 0.6 is 22.6 Å². The van der Waals surface area contributed by atoms with Crippen LogP contribution in [0.2, 0.25) is 0 Å². The number of hydrogen-bond donors (Lipinski definition) is 2. The minimum Gasteiger partial charge on any atom is -0.384 e. The van der Waals surface area contributed by atoms with Gasteiger partial charge in [-0.05, 0) is 52.8 Å². The van der Waals surface area contributed by atoms with Crippen molar-refractivity contribution in [3.63, 3.8) is 0 Å². The molecule has 0 fully saturated rings. The van der Waals surface area contributed by atoms with Crippen LogP contribution in [0.3, 0.4) is 0 Å². The maximum absolute atomic E-state index is 13.9. The van der Waals surface area contributed by atoms with Gasteiger partial charge in [-0.1, -0.05) is 0 Å². The number of anilines is 1. The summed E-state index contributed by atoms with van der Waals surface area (Å²) in [5, 5.41) is 18.4. The molecule has 1 aromatic heterocycles.